The van der Waals surface area contributed by atoms with Crippen LogP contribution in [-0.4, -0.2) is 68.6 Å². The highest BCUT2D eigenvalue weighted by molar-refractivity contribution is 6.05. The molecule has 0 radical (unpaired) electrons. The highest BCUT2D eigenvalue weighted by Gasteiger charge is 2.72. The van der Waals surface area contributed by atoms with Crippen molar-refractivity contribution in [1.29, 1.82) is 0 Å². The van der Waals surface area contributed by atoms with Crippen LogP contribution in [0.3, 0.4) is 0 Å². The molecule has 0 bridgehead atoms. The average Bonchev–Trinajstić information content (AvgIpc) is 3.04. The monoisotopic (exact) mass is 720 g/mol. The van der Waals surface area contributed by atoms with E-state index in [0.717, 1.165) is 24.3 Å². The first kappa shape index (κ1) is 37.1. The van der Waals surface area contributed by atoms with Gasteiger partial charge in [0.25, 0.3) is 0 Å². The van der Waals surface area contributed by atoms with Crippen LogP contribution >= 0.6 is 0 Å². The van der Waals surface area contributed by atoms with Gasteiger partial charge in [0.2, 0.25) is 5.41 Å². The van der Waals surface area contributed by atoms with Gasteiger partial charge in [-0.2, -0.15) is 26.3 Å². The number of halogens is 6. The zero-order valence-electron chi connectivity index (χ0n) is 24.9. The molecule has 0 saturated carbocycles. The maximum Gasteiger partial charge on any atom is 0.411 e. The fourth-order valence-electron chi connectivity index (χ4n) is 4.93. The van der Waals surface area contributed by atoms with Gasteiger partial charge in [0, 0.05) is 0 Å². The number of carbonyl (C=O) groups excluding carboxylic acids is 2. The Bertz CT molecular complexity index is 1920. The summed E-state index contributed by atoms with van der Waals surface area (Å²) in [6.07, 6.45) is -12.1. The molecule has 0 amide bonds. The summed E-state index contributed by atoms with van der Waals surface area (Å²) >= 11 is 0. The van der Waals surface area contributed by atoms with Gasteiger partial charge in [-0.3, -0.25) is 0 Å². The van der Waals surface area contributed by atoms with Gasteiger partial charge < -0.3 is 29.9 Å². The van der Waals surface area contributed by atoms with Crippen molar-refractivity contribution in [1.82, 2.24) is 0 Å². The molecule has 264 valence electrons. The van der Waals surface area contributed by atoms with E-state index in [2.05, 4.69) is 0 Å². The van der Waals surface area contributed by atoms with Crippen molar-refractivity contribution >= 4 is 35.8 Å². The predicted octanol–water partition coefficient (Wildman–Crippen LogP) is 6.33. The van der Waals surface area contributed by atoms with E-state index in [1.165, 1.54) is 0 Å². The molecule has 0 saturated heterocycles. The number of carbonyl (C=O) groups is 6. The number of rotatable bonds is 10. The van der Waals surface area contributed by atoms with Gasteiger partial charge in [-0.05, 0) is 71.8 Å². The smallest absolute Gasteiger partial charge is 0.411 e. The molecule has 0 fully saturated rings. The van der Waals surface area contributed by atoms with Crippen molar-refractivity contribution in [3.8, 4) is 11.5 Å². The molecule has 12 nitrogen and oxygen atoms in total. The third kappa shape index (κ3) is 7.19. The third-order valence-corrected chi connectivity index (χ3v) is 7.28. The number of aromatic carboxylic acids is 4. The Balaban J connectivity index is 1.66. The van der Waals surface area contributed by atoms with Gasteiger partial charge in [0.1, 0.15) is 11.5 Å². The number of carboxylic acid groups (broad SMARTS) is 4. The molecule has 0 aliphatic rings. The lowest BCUT2D eigenvalue weighted by molar-refractivity contribution is -0.288. The molecule has 0 spiro atoms. The molecule has 4 rings (SSSR count). The Morgan fingerprint density at radius 1 is 0.431 bits per heavy atom. The summed E-state index contributed by atoms with van der Waals surface area (Å²) in [6.45, 7) is 0. The minimum atomic E-state index is -6.06. The summed E-state index contributed by atoms with van der Waals surface area (Å²) in [7, 11) is 0. The molecular formula is C33H18F6O12. The number of carboxylic acids is 4. The standard InChI is InChI=1S/C33H18F6O12/c34-32(35,36)31(33(37,38)39,17-3-7-19(8-4-17)50-29(48)15-1-11-21(25(40)41)23(13-15)27(44)45)18-5-9-20(10-6-18)51-30(49)16-2-12-22(26(42)43)24(14-16)28(46)47/h1-14H,(H,40,41)(H,42,43)(H,44,45)(H,46,47). The maximum atomic E-state index is 14.6. The Labute approximate surface area is 279 Å². The molecule has 0 aliphatic heterocycles. The topological polar surface area (TPSA) is 202 Å². The predicted molar refractivity (Wildman–Crippen MR) is 156 cm³/mol. The largest absolute Gasteiger partial charge is 0.478 e. The van der Waals surface area contributed by atoms with Crippen LogP contribution in [0, 0.1) is 0 Å². The molecule has 4 aromatic carbocycles. The van der Waals surface area contributed by atoms with E-state index in [1.807, 2.05) is 0 Å². The van der Waals surface area contributed by atoms with Crippen molar-refractivity contribution in [2.45, 2.75) is 17.8 Å². The van der Waals surface area contributed by atoms with Crippen molar-refractivity contribution in [2.75, 3.05) is 0 Å². The molecule has 18 heteroatoms. The van der Waals surface area contributed by atoms with E-state index in [-0.39, 0.29) is 0 Å². The maximum absolute atomic E-state index is 14.6. The Morgan fingerprint density at radius 2 is 0.725 bits per heavy atom. The highest BCUT2D eigenvalue weighted by atomic mass is 19.4. The lowest BCUT2D eigenvalue weighted by Gasteiger charge is -2.38. The van der Waals surface area contributed by atoms with Crippen molar-refractivity contribution in [3.63, 3.8) is 0 Å². The number of hydrogen-bond acceptors (Lipinski definition) is 8. The van der Waals surface area contributed by atoms with E-state index in [9.17, 15) is 65.3 Å². The molecule has 0 atom stereocenters. The van der Waals surface area contributed by atoms with Gasteiger partial charge in [-0.1, -0.05) is 24.3 Å². The molecule has 0 heterocycles. The van der Waals surface area contributed by atoms with Gasteiger partial charge >= 0.3 is 48.2 Å². The third-order valence-electron chi connectivity index (χ3n) is 7.28. The molecular weight excluding hydrogens is 702 g/mol. The Morgan fingerprint density at radius 3 is 0.980 bits per heavy atom. The summed E-state index contributed by atoms with van der Waals surface area (Å²) in [5.74, 6) is -10.4. The van der Waals surface area contributed by atoms with E-state index < -0.39 is 110 Å². The van der Waals surface area contributed by atoms with Crippen LogP contribution in [0.5, 0.6) is 11.5 Å². The summed E-state index contributed by atoms with van der Waals surface area (Å²) in [5.41, 5.74) is -11.4. The first-order valence-electron chi connectivity index (χ1n) is 13.7. The van der Waals surface area contributed by atoms with Crippen LogP contribution in [0.1, 0.15) is 73.3 Å². The highest BCUT2D eigenvalue weighted by Crippen LogP contribution is 2.56. The van der Waals surface area contributed by atoms with Crippen molar-refractivity contribution < 1.29 is 85.0 Å². The fourth-order valence-corrected chi connectivity index (χ4v) is 4.93. The van der Waals surface area contributed by atoms with Crippen LogP contribution in [0.2, 0.25) is 0 Å². The van der Waals surface area contributed by atoms with Gasteiger partial charge in [-0.25, -0.2) is 28.8 Å². The molecule has 0 unspecified atom stereocenters. The Hall–Kier alpha value is -6.72. The summed E-state index contributed by atoms with van der Waals surface area (Å²) < 4.78 is 97.6. The number of ether oxygens (including phenoxy) is 2. The molecule has 51 heavy (non-hydrogen) atoms. The lowest BCUT2D eigenvalue weighted by atomic mass is 9.73. The van der Waals surface area contributed by atoms with E-state index in [4.69, 9.17) is 19.7 Å². The second kappa shape index (κ2) is 13.7. The number of benzene rings is 4. The zero-order valence-corrected chi connectivity index (χ0v) is 24.9. The summed E-state index contributed by atoms with van der Waals surface area (Å²) in [5, 5.41) is 36.7. The van der Waals surface area contributed by atoms with Crippen LogP contribution in [0.4, 0.5) is 26.3 Å². The van der Waals surface area contributed by atoms with E-state index >= 15 is 0 Å². The average molecular weight is 720 g/mol. The normalized spacial score (nSPS) is 11.7. The van der Waals surface area contributed by atoms with Gasteiger partial charge in [0.05, 0.1) is 33.4 Å². The molecule has 4 N–H and O–H groups in total. The Kier molecular flexibility index (Phi) is 9.93. The molecule has 0 aliphatic carbocycles. The van der Waals surface area contributed by atoms with Gasteiger partial charge in [0.15, 0.2) is 0 Å². The summed E-state index contributed by atoms with van der Waals surface area (Å²) in [6, 6.07) is 8.63. The lowest BCUT2D eigenvalue weighted by Crippen LogP contribution is -2.54. The second-order valence-electron chi connectivity index (χ2n) is 10.3. The number of esters is 2. The van der Waals surface area contributed by atoms with Crippen molar-refractivity contribution in [2.24, 2.45) is 0 Å². The molecule has 0 aromatic heterocycles. The number of alkyl halides is 6. The van der Waals surface area contributed by atoms with Crippen LogP contribution < -0.4 is 9.47 Å². The van der Waals surface area contributed by atoms with Crippen LogP contribution in [0.15, 0.2) is 84.9 Å². The number of hydrogen-bond donors (Lipinski definition) is 4. The van der Waals surface area contributed by atoms with Gasteiger partial charge in [-0.15, -0.1) is 0 Å². The first-order valence-corrected chi connectivity index (χ1v) is 13.7. The quantitative estimate of drug-likeness (QED) is 0.0807. The fraction of sp³-hybridized carbons (Fsp3) is 0.0909. The zero-order chi connectivity index (χ0) is 38.1. The second-order valence-corrected chi connectivity index (χ2v) is 10.3. The summed E-state index contributed by atoms with van der Waals surface area (Å²) in [4.78, 5) is 70.4. The van der Waals surface area contributed by atoms with Crippen molar-refractivity contribution in [3.05, 3.63) is 129 Å². The van der Waals surface area contributed by atoms with Crippen LogP contribution in [-0.2, 0) is 5.41 Å². The van der Waals surface area contributed by atoms with E-state index in [1.54, 1.807) is 0 Å². The first-order chi connectivity index (χ1) is 23.7. The van der Waals surface area contributed by atoms with E-state index in [0.29, 0.717) is 60.7 Å². The SMILES string of the molecule is O=C(Oc1ccc(C(c2ccc(OC(=O)c3ccc(C(=O)O)c(C(=O)O)c3)cc2)(C(F)(F)F)C(F)(F)F)cc1)c1ccc(C(=O)O)c(C(=O)O)c1. The van der Waals surface area contributed by atoms with Crippen LogP contribution in [0.25, 0.3) is 0 Å². The molecule has 4 aromatic rings. The minimum absolute atomic E-state index is 0.383. The minimum Gasteiger partial charge on any atom is -0.478 e.